The molecule has 4 atom stereocenters. The summed E-state index contributed by atoms with van der Waals surface area (Å²) in [5.74, 6) is -2.46. The number of ether oxygens (including phenoxy) is 1. The van der Waals surface area contributed by atoms with Gasteiger partial charge in [0.05, 0.1) is 6.04 Å². The molecule has 0 aliphatic heterocycles. The molecule has 0 radical (unpaired) electrons. The summed E-state index contributed by atoms with van der Waals surface area (Å²) >= 11 is 0. The molecule has 10 nitrogen and oxygen atoms in total. The van der Waals surface area contributed by atoms with Crippen molar-refractivity contribution in [3.8, 4) is 5.75 Å². The van der Waals surface area contributed by atoms with Crippen molar-refractivity contribution >= 4 is 23.7 Å². The number of rotatable bonds is 14. The topological polar surface area (TPSA) is 160 Å². The second kappa shape index (κ2) is 15.3. The Morgan fingerprint density at radius 3 is 1.90 bits per heavy atom. The molecule has 6 N–H and O–H groups in total. The van der Waals surface area contributed by atoms with Gasteiger partial charge in [-0.05, 0) is 36.1 Å². The molecule has 3 amide bonds. The first-order chi connectivity index (χ1) is 18.5. The Bertz CT molecular complexity index is 1120. The number of phenols is 1. The number of esters is 1. The Kier molecular flexibility index (Phi) is 12.2. The van der Waals surface area contributed by atoms with E-state index in [1.807, 2.05) is 30.3 Å². The van der Waals surface area contributed by atoms with Gasteiger partial charge in [-0.3, -0.25) is 14.4 Å². The minimum absolute atomic E-state index is 0.000373. The lowest BCUT2D eigenvalue weighted by molar-refractivity contribution is -0.146. The van der Waals surface area contributed by atoms with Crippen LogP contribution in [0.3, 0.4) is 0 Å². The number of carbonyl (C=O) groups excluding carboxylic acids is 4. The minimum atomic E-state index is -1.06. The number of amides is 3. The predicted molar refractivity (Wildman–Crippen MR) is 147 cm³/mol. The maximum atomic E-state index is 13.5. The van der Waals surface area contributed by atoms with Crippen molar-refractivity contribution in [2.45, 2.75) is 57.8 Å². The highest BCUT2D eigenvalue weighted by Crippen LogP contribution is 2.13. The smallest absolute Gasteiger partial charge is 0.328 e. The molecular weight excluding hydrogens is 500 g/mol. The van der Waals surface area contributed by atoms with Crippen molar-refractivity contribution in [3.05, 3.63) is 78.4 Å². The number of benzene rings is 2. The average molecular weight is 539 g/mol. The van der Waals surface area contributed by atoms with Crippen LogP contribution in [-0.4, -0.2) is 59.6 Å². The lowest BCUT2D eigenvalue weighted by Gasteiger charge is -2.26. The van der Waals surface area contributed by atoms with Crippen LogP contribution in [0, 0.1) is 5.92 Å². The molecule has 2 rings (SSSR count). The van der Waals surface area contributed by atoms with Crippen molar-refractivity contribution < 1.29 is 29.0 Å². The van der Waals surface area contributed by atoms with Crippen LogP contribution in [-0.2, 0) is 36.8 Å². The number of hydrogen-bond donors (Lipinski definition) is 5. The van der Waals surface area contributed by atoms with E-state index in [1.165, 1.54) is 25.1 Å². The molecule has 0 aliphatic carbocycles. The van der Waals surface area contributed by atoms with Gasteiger partial charge in [0.1, 0.15) is 30.5 Å². The van der Waals surface area contributed by atoms with Crippen LogP contribution in [0.1, 0.15) is 31.9 Å². The summed E-state index contributed by atoms with van der Waals surface area (Å²) in [6.45, 7) is 8.55. The van der Waals surface area contributed by atoms with Gasteiger partial charge in [-0.1, -0.05) is 69.0 Å². The molecule has 0 bridgehead atoms. The Morgan fingerprint density at radius 1 is 0.846 bits per heavy atom. The monoisotopic (exact) mass is 538 g/mol. The molecule has 2 aromatic rings. The van der Waals surface area contributed by atoms with Crippen LogP contribution in [0.15, 0.2) is 67.3 Å². The first kappa shape index (κ1) is 31.0. The van der Waals surface area contributed by atoms with Gasteiger partial charge in [-0.2, -0.15) is 0 Å². The molecule has 0 heterocycles. The van der Waals surface area contributed by atoms with Gasteiger partial charge in [0.15, 0.2) is 0 Å². The van der Waals surface area contributed by atoms with E-state index in [4.69, 9.17) is 10.5 Å². The van der Waals surface area contributed by atoms with E-state index < -0.39 is 47.9 Å². The molecule has 39 heavy (non-hydrogen) atoms. The van der Waals surface area contributed by atoms with Crippen molar-refractivity contribution in [2.75, 3.05) is 6.61 Å². The third kappa shape index (κ3) is 10.2. The van der Waals surface area contributed by atoms with E-state index in [0.717, 1.165) is 5.56 Å². The van der Waals surface area contributed by atoms with Crippen molar-refractivity contribution in [3.63, 3.8) is 0 Å². The SMILES string of the molecule is C=CCOC(=O)[C@H](C)NC(=O)[C@H](Cc1ccccc1)NC(=O)[C@H](Cc1ccc(O)cc1)NC(=O)[C@@H](N)C(C)C. The zero-order valence-electron chi connectivity index (χ0n) is 22.6. The predicted octanol–water partition coefficient (Wildman–Crippen LogP) is 1.36. The Labute approximate surface area is 229 Å². The standard InChI is InChI=1S/C29H38N4O6/c1-5-15-39-29(38)19(4)31-26(35)23(16-20-9-7-6-8-10-20)32-27(36)24(33-28(37)25(30)18(2)3)17-21-11-13-22(34)14-12-21/h5-14,18-19,23-25,34H,1,15-17,30H2,2-4H3,(H,31,35)(H,32,36)(H,33,37)/t19-,23-,24-,25-/m0/s1. The van der Waals surface area contributed by atoms with Gasteiger partial charge in [-0.15, -0.1) is 0 Å². The van der Waals surface area contributed by atoms with Crippen LogP contribution in [0.4, 0.5) is 0 Å². The van der Waals surface area contributed by atoms with E-state index >= 15 is 0 Å². The third-order valence-corrected chi connectivity index (χ3v) is 6.00. The zero-order chi connectivity index (χ0) is 28.9. The molecule has 0 saturated carbocycles. The molecular formula is C29H38N4O6. The first-order valence-corrected chi connectivity index (χ1v) is 12.8. The summed E-state index contributed by atoms with van der Waals surface area (Å²) in [7, 11) is 0. The number of phenolic OH excluding ortho intramolecular Hbond substituents is 1. The highest BCUT2D eigenvalue weighted by atomic mass is 16.5. The van der Waals surface area contributed by atoms with E-state index in [1.54, 1.807) is 26.0 Å². The molecule has 210 valence electrons. The summed E-state index contributed by atoms with van der Waals surface area (Å²) < 4.78 is 5.00. The van der Waals surface area contributed by atoms with Crippen molar-refractivity contribution in [1.82, 2.24) is 16.0 Å². The summed E-state index contributed by atoms with van der Waals surface area (Å²) in [5.41, 5.74) is 7.45. The van der Waals surface area contributed by atoms with Crippen LogP contribution >= 0.6 is 0 Å². The Morgan fingerprint density at radius 2 is 1.36 bits per heavy atom. The quantitative estimate of drug-likeness (QED) is 0.179. The molecule has 0 unspecified atom stereocenters. The number of carbonyl (C=O) groups is 4. The highest BCUT2D eigenvalue weighted by Gasteiger charge is 2.30. The maximum absolute atomic E-state index is 13.5. The second-order valence-electron chi connectivity index (χ2n) is 9.60. The Hall–Kier alpha value is -4.18. The largest absolute Gasteiger partial charge is 0.508 e. The first-order valence-electron chi connectivity index (χ1n) is 12.8. The lowest BCUT2D eigenvalue weighted by atomic mass is 10.0. The van der Waals surface area contributed by atoms with Gasteiger partial charge < -0.3 is 31.5 Å². The third-order valence-electron chi connectivity index (χ3n) is 6.00. The summed E-state index contributed by atoms with van der Waals surface area (Å²) in [6.07, 6.45) is 1.64. The molecule has 2 aromatic carbocycles. The van der Waals surface area contributed by atoms with Gasteiger partial charge in [0.2, 0.25) is 17.7 Å². The number of hydrogen-bond acceptors (Lipinski definition) is 7. The fourth-order valence-electron chi connectivity index (χ4n) is 3.62. The number of aromatic hydroxyl groups is 1. The minimum Gasteiger partial charge on any atom is -0.508 e. The highest BCUT2D eigenvalue weighted by molar-refractivity contribution is 5.94. The van der Waals surface area contributed by atoms with Crippen molar-refractivity contribution in [2.24, 2.45) is 11.7 Å². The molecule has 0 fully saturated rings. The molecule has 0 saturated heterocycles. The van der Waals surface area contributed by atoms with Gasteiger partial charge >= 0.3 is 5.97 Å². The summed E-state index contributed by atoms with van der Waals surface area (Å²) in [5, 5.41) is 17.6. The van der Waals surface area contributed by atoms with Gasteiger partial charge in [-0.25, -0.2) is 4.79 Å². The van der Waals surface area contributed by atoms with E-state index in [0.29, 0.717) is 5.56 Å². The summed E-state index contributed by atoms with van der Waals surface area (Å²) in [4.78, 5) is 51.7. The fourth-order valence-corrected chi connectivity index (χ4v) is 3.62. The summed E-state index contributed by atoms with van der Waals surface area (Å²) in [6, 6.07) is 11.4. The number of nitrogens with two attached hydrogens (primary N) is 1. The van der Waals surface area contributed by atoms with E-state index in [-0.39, 0.29) is 31.1 Å². The normalized spacial score (nSPS) is 13.9. The second-order valence-corrected chi connectivity index (χ2v) is 9.60. The molecule has 0 spiro atoms. The molecule has 0 aliphatic rings. The molecule has 0 aromatic heterocycles. The zero-order valence-corrected chi connectivity index (χ0v) is 22.6. The average Bonchev–Trinajstić information content (AvgIpc) is 2.91. The van der Waals surface area contributed by atoms with Gasteiger partial charge in [0, 0.05) is 12.8 Å². The molecule has 10 heteroatoms. The van der Waals surface area contributed by atoms with E-state index in [9.17, 15) is 24.3 Å². The number of nitrogens with one attached hydrogen (secondary N) is 3. The van der Waals surface area contributed by atoms with Gasteiger partial charge in [0.25, 0.3) is 0 Å². The van der Waals surface area contributed by atoms with Crippen LogP contribution in [0.2, 0.25) is 0 Å². The van der Waals surface area contributed by atoms with Crippen LogP contribution in [0.25, 0.3) is 0 Å². The fraction of sp³-hybridized carbons (Fsp3) is 0.379. The Balaban J connectivity index is 2.28. The maximum Gasteiger partial charge on any atom is 0.328 e. The van der Waals surface area contributed by atoms with Crippen LogP contribution in [0.5, 0.6) is 5.75 Å². The van der Waals surface area contributed by atoms with Crippen molar-refractivity contribution in [1.29, 1.82) is 0 Å². The lowest BCUT2D eigenvalue weighted by Crippen LogP contribution is -2.58. The van der Waals surface area contributed by atoms with Crippen LogP contribution < -0.4 is 21.7 Å². The van der Waals surface area contributed by atoms with E-state index in [2.05, 4.69) is 22.5 Å².